The normalized spacial score (nSPS) is 14.0. The number of carbonyl (C=O) groups is 2. The van der Waals surface area contributed by atoms with E-state index in [9.17, 15) is 9.59 Å². The van der Waals surface area contributed by atoms with E-state index in [1.165, 1.54) is 11.8 Å². The Morgan fingerprint density at radius 1 is 1.11 bits per heavy atom. The van der Waals surface area contributed by atoms with E-state index in [4.69, 9.17) is 27.9 Å². The van der Waals surface area contributed by atoms with Crippen LogP contribution in [0.15, 0.2) is 42.5 Å². The summed E-state index contributed by atoms with van der Waals surface area (Å²) >= 11 is 13.5. The molecule has 1 heterocycles. The van der Waals surface area contributed by atoms with Gasteiger partial charge in [-0.3, -0.25) is 9.59 Å². The zero-order valence-electron chi connectivity index (χ0n) is 15.1. The van der Waals surface area contributed by atoms with Gasteiger partial charge < -0.3 is 15.0 Å². The Bertz CT molecular complexity index is 857. The van der Waals surface area contributed by atoms with Crippen LogP contribution in [0.1, 0.15) is 15.9 Å². The maximum Gasteiger partial charge on any atom is 0.256 e. The number of ether oxygens (including phenoxy) is 1. The first-order chi connectivity index (χ1) is 13.5. The molecule has 0 atom stereocenters. The van der Waals surface area contributed by atoms with Crippen molar-refractivity contribution in [2.75, 3.05) is 37.4 Å². The molecule has 1 saturated heterocycles. The Balaban J connectivity index is 1.57. The third-order valence-corrected chi connectivity index (χ3v) is 5.80. The van der Waals surface area contributed by atoms with Crippen LogP contribution in [-0.4, -0.2) is 48.8 Å². The van der Waals surface area contributed by atoms with Gasteiger partial charge in [-0.15, -0.1) is 11.8 Å². The van der Waals surface area contributed by atoms with E-state index in [1.54, 1.807) is 41.3 Å². The van der Waals surface area contributed by atoms with Gasteiger partial charge in [-0.05, 0) is 29.8 Å². The summed E-state index contributed by atoms with van der Waals surface area (Å²) in [5, 5.41) is 4.01. The van der Waals surface area contributed by atoms with Crippen molar-refractivity contribution < 1.29 is 14.3 Å². The second-order valence-corrected chi connectivity index (χ2v) is 8.06. The molecule has 1 fully saturated rings. The molecule has 0 unspecified atom stereocenters. The van der Waals surface area contributed by atoms with Crippen molar-refractivity contribution in [2.24, 2.45) is 0 Å². The number of morpholine rings is 1. The van der Waals surface area contributed by atoms with Gasteiger partial charge in [0, 0.05) is 28.9 Å². The second-order valence-electron chi connectivity index (χ2n) is 6.23. The molecule has 1 N–H and O–H groups in total. The monoisotopic (exact) mass is 438 g/mol. The lowest BCUT2D eigenvalue weighted by molar-refractivity contribution is -0.113. The molecular weight excluding hydrogens is 419 g/mol. The number of carbonyl (C=O) groups excluding carboxylic acids is 2. The van der Waals surface area contributed by atoms with Crippen molar-refractivity contribution >= 4 is 52.5 Å². The molecule has 0 spiro atoms. The van der Waals surface area contributed by atoms with Crippen molar-refractivity contribution in [3.63, 3.8) is 0 Å². The van der Waals surface area contributed by atoms with Crippen molar-refractivity contribution in [1.82, 2.24) is 4.90 Å². The number of hydrogen-bond donors (Lipinski definition) is 1. The molecule has 8 heteroatoms. The van der Waals surface area contributed by atoms with Crippen LogP contribution < -0.4 is 5.32 Å². The zero-order chi connectivity index (χ0) is 19.9. The largest absolute Gasteiger partial charge is 0.378 e. The molecule has 3 rings (SSSR count). The van der Waals surface area contributed by atoms with Gasteiger partial charge in [0.25, 0.3) is 5.91 Å². The summed E-state index contributed by atoms with van der Waals surface area (Å²) in [5.74, 6) is 0.577. The summed E-state index contributed by atoms with van der Waals surface area (Å²) in [4.78, 5) is 26.9. The fourth-order valence-corrected chi connectivity index (χ4v) is 4.18. The number of hydrogen-bond acceptors (Lipinski definition) is 4. The van der Waals surface area contributed by atoms with E-state index >= 15 is 0 Å². The molecule has 2 amide bonds. The number of anilines is 1. The van der Waals surface area contributed by atoms with E-state index in [2.05, 4.69) is 5.32 Å². The van der Waals surface area contributed by atoms with Gasteiger partial charge in [0.1, 0.15) is 0 Å². The number of benzene rings is 2. The number of nitrogens with one attached hydrogen (secondary N) is 1. The maximum absolute atomic E-state index is 12.8. The van der Waals surface area contributed by atoms with Crippen molar-refractivity contribution in [3.05, 3.63) is 63.6 Å². The molecule has 0 aliphatic carbocycles. The quantitative estimate of drug-likeness (QED) is 0.728. The van der Waals surface area contributed by atoms with Crippen LogP contribution in [-0.2, 0) is 15.3 Å². The summed E-state index contributed by atoms with van der Waals surface area (Å²) in [6.45, 7) is 2.17. The Labute approximate surface area is 178 Å². The second kappa shape index (κ2) is 10.2. The van der Waals surface area contributed by atoms with Crippen LogP contribution in [0.25, 0.3) is 0 Å². The average molecular weight is 439 g/mol. The Morgan fingerprint density at radius 3 is 2.61 bits per heavy atom. The van der Waals surface area contributed by atoms with Gasteiger partial charge in [0.2, 0.25) is 5.91 Å². The molecule has 0 radical (unpaired) electrons. The third-order valence-electron chi connectivity index (χ3n) is 4.24. The minimum Gasteiger partial charge on any atom is -0.378 e. The highest BCUT2D eigenvalue weighted by Gasteiger charge is 2.21. The first kappa shape index (κ1) is 21.0. The van der Waals surface area contributed by atoms with Gasteiger partial charge in [0.15, 0.2) is 0 Å². The summed E-state index contributed by atoms with van der Waals surface area (Å²) in [5.41, 5.74) is 1.93. The molecule has 1 aliphatic rings. The number of thioether (sulfide) groups is 1. The van der Waals surface area contributed by atoms with Crippen molar-refractivity contribution in [2.45, 2.75) is 5.75 Å². The Morgan fingerprint density at radius 2 is 1.86 bits per heavy atom. The molecule has 2 aromatic rings. The lowest BCUT2D eigenvalue weighted by Gasteiger charge is -2.27. The maximum atomic E-state index is 12.8. The summed E-state index contributed by atoms with van der Waals surface area (Å²) in [6, 6.07) is 12.4. The number of halogens is 2. The molecule has 0 bridgehead atoms. The van der Waals surface area contributed by atoms with E-state index in [1.807, 2.05) is 6.07 Å². The minimum atomic E-state index is -0.169. The van der Waals surface area contributed by atoms with E-state index in [-0.39, 0.29) is 17.6 Å². The fraction of sp³-hybridized carbons (Fsp3) is 0.300. The third kappa shape index (κ3) is 5.64. The SMILES string of the molecule is O=C(CSCc1ccc(Cl)cc1Cl)Nc1ccccc1C(=O)N1CCOCC1. The van der Waals surface area contributed by atoms with Gasteiger partial charge in [-0.25, -0.2) is 0 Å². The lowest BCUT2D eigenvalue weighted by Crippen LogP contribution is -2.41. The predicted octanol–water partition coefficient (Wildman–Crippen LogP) is 4.34. The number of amides is 2. The molecule has 148 valence electrons. The number of nitrogens with zero attached hydrogens (tertiary/aromatic N) is 1. The number of para-hydroxylation sites is 1. The topological polar surface area (TPSA) is 58.6 Å². The summed E-state index contributed by atoms with van der Waals surface area (Å²) in [6.07, 6.45) is 0. The van der Waals surface area contributed by atoms with Gasteiger partial charge >= 0.3 is 0 Å². The highest BCUT2D eigenvalue weighted by molar-refractivity contribution is 7.99. The predicted molar refractivity (Wildman–Crippen MR) is 114 cm³/mol. The molecule has 0 saturated carbocycles. The van der Waals surface area contributed by atoms with Gasteiger partial charge in [-0.2, -0.15) is 0 Å². The zero-order valence-corrected chi connectivity index (χ0v) is 17.4. The van der Waals surface area contributed by atoms with Crippen molar-refractivity contribution in [3.8, 4) is 0 Å². The summed E-state index contributed by atoms with van der Waals surface area (Å²) in [7, 11) is 0. The number of rotatable bonds is 6. The van der Waals surface area contributed by atoms with Crippen LogP contribution in [0.3, 0.4) is 0 Å². The standard InChI is InChI=1S/C20H20Cl2N2O3S/c21-15-6-5-14(17(22)11-15)12-28-13-19(25)23-18-4-2-1-3-16(18)20(26)24-7-9-27-10-8-24/h1-6,11H,7-10,12-13H2,(H,23,25). The van der Waals surface area contributed by atoms with E-state index in [0.29, 0.717) is 53.4 Å². The van der Waals surface area contributed by atoms with Crippen LogP contribution in [0.5, 0.6) is 0 Å². The Hall–Kier alpha value is -1.73. The van der Waals surface area contributed by atoms with Gasteiger partial charge in [-0.1, -0.05) is 41.4 Å². The average Bonchev–Trinajstić information content (AvgIpc) is 2.70. The van der Waals surface area contributed by atoms with Crippen LogP contribution in [0.4, 0.5) is 5.69 Å². The molecule has 1 aliphatic heterocycles. The molecular formula is C20H20Cl2N2O3S. The van der Waals surface area contributed by atoms with E-state index in [0.717, 1.165) is 5.56 Å². The van der Waals surface area contributed by atoms with Crippen LogP contribution in [0, 0.1) is 0 Å². The first-order valence-corrected chi connectivity index (χ1v) is 10.7. The van der Waals surface area contributed by atoms with Crippen LogP contribution >= 0.6 is 35.0 Å². The fourth-order valence-electron chi connectivity index (χ4n) is 2.79. The Kier molecular flexibility index (Phi) is 7.62. The molecule has 28 heavy (non-hydrogen) atoms. The highest BCUT2D eigenvalue weighted by atomic mass is 35.5. The molecule has 0 aromatic heterocycles. The minimum absolute atomic E-state index is 0.0974. The van der Waals surface area contributed by atoms with Crippen molar-refractivity contribution in [1.29, 1.82) is 0 Å². The molecule has 5 nitrogen and oxygen atoms in total. The summed E-state index contributed by atoms with van der Waals surface area (Å²) < 4.78 is 5.29. The van der Waals surface area contributed by atoms with Gasteiger partial charge in [0.05, 0.1) is 30.2 Å². The molecule has 2 aromatic carbocycles. The first-order valence-electron chi connectivity index (χ1n) is 8.82. The van der Waals surface area contributed by atoms with E-state index < -0.39 is 0 Å². The highest BCUT2D eigenvalue weighted by Crippen LogP contribution is 2.25. The smallest absolute Gasteiger partial charge is 0.256 e. The lowest BCUT2D eigenvalue weighted by atomic mass is 10.1. The van der Waals surface area contributed by atoms with Crippen LogP contribution in [0.2, 0.25) is 10.0 Å².